The Morgan fingerprint density at radius 2 is 1.86 bits per heavy atom. The van der Waals surface area contributed by atoms with Crippen molar-refractivity contribution in [2.75, 3.05) is 12.3 Å². The number of anilines is 1. The van der Waals surface area contributed by atoms with Crippen molar-refractivity contribution in [3.8, 4) is 17.2 Å². The van der Waals surface area contributed by atoms with E-state index in [-0.39, 0.29) is 29.3 Å². The van der Waals surface area contributed by atoms with Gasteiger partial charge in [-0.25, -0.2) is 4.99 Å². The Bertz CT molecular complexity index is 1000. The lowest BCUT2D eigenvalue weighted by atomic mass is 9.88. The van der Waals surface area contributed by atoms with Gasteiger partial charge in [-0.3, -0.25) is 0 Å². The number of halogens is 3. The van der Waals surface area contributed by atoms with E-state index in [2.05, 4.69) is 4.99 Å². The van der Waals surface area contributed by atoms with Crippen molar-refractivity contribution in [1.29, 1.82) is 5.26 Å². The number of aryl methyl sites for hydroxylation is 1. The van der Waals surface area contributed by atoms with E-state index in [0.29, 0.717) is 29.5 Å². The van der Waals surface area contributed by atoms with Crippen molar-refractivity contribution in [1.82, 2.24) is 0 Å². The van der Waals surface area contributed by atoms with Gasteiger partial charge in [0.1, 0.15) is 6.61 Å². The number of nitrogens with zero attached hydrogens (tertiary/aromatic N) is 2. The van der Waals surface area contributed by atoms with Gasteiger partial charge in [0.25, 0.3) is 0 Å². The number of nitrogens with two attached hydrogens (primary N) is 1. The maximum atomic E-state index is 14.1. The van der Waals surface area contributed by atoms with Crippen LogP contribution in [0.25, 0.3) is 11.1 Å². The molecule has 0 saturated carbocycles. The monoisotopic (exact) mass is 401 g/mol. The Kier molecular flexibility index (Phi) is 5.31. The highest BCUT2D eigenvalue weighted by molar-refractivity contribution is 6.07. The summed E-state index contributed by atoms with van der Waals surface area (Å²) >= 11 is 0. The fourth-order valence-electron chi connectivity index (χ4n) is 3.40. The second kappa shape index (κ2) is 7.43. The zero-order valence-electron chi connectivity index (χ0n) is 16.5. The molecular weight excluding hydrogens is 379 g/mol. The molecule has 1 aliphatic rings. The van der Waals surface area contributed by atoms with Crippen LogP contribution in [0.15, 0.2) is 35.3 Å². The third-order valence-electron chi connectivity index (χ3n) is 4.76. The van der Waals surface area contributed by atoms with Crippen LogP contribution in [0.5, 0.6) is 0 Å². The molecule has 2 N–H and O–H groups in total. The molecule has 1 aliphatic heterocycles. The van der Waals surface area contributed by atoms with Crippen LogP contribution in [0.4, 0.5) is 18.9 Å². The van der Waals surface area contributed by atoms with Gasteiger partial charge in [-0.05, 0) is 49.6 Å². The highest BCUT2D eigenvalue weighted by atomic mass is 19.4. The number of nitriles is 1. The maximum absolute atomic E-state index is 14.1. The Hall–Kier alpha value is -3.01. The molecule has 4 nitrogen and oxygen atoms in total. The largest absolute Gasteiger partial charge is 0.475 e. The molecule has 0 aromatic heterocycles. The molecule has 0 radical (unpaired) electrons. The zero-order valence-corrected chi connectivity index (χ0v) is 16.5. The van der Waals surface area contributed by atoms with E-state index < -0.39 is 17.3 Å². The van der Waals surface area contributed by atoms with Gasteiger partial charge < -0.3 is 10.5 Å². The normalized spacial score (nSPS) is 15.6. The summed E-state index contributed by atoms with van der Waals surface area (Å²) in [5.41, 5.74) is 6.44. The molecule has 0 atom stereocenters. The second-order valence-corrected chi connectivity index (χ2v) is 7.70. The third kappa shape index (κ3) is 4.07. The van der Waals surface area contributed by atoms with E-state index in [1.54, 1.807) is 0 Å². The minimum absolute atomic E-state index is 0.0733. The summed E-state index contributed by atoms with van der Waals surface area (Å²) in [4.78, 5) is 4.49. The molecule has 152 valence electrons. The summed E-state index contributed by atoms with van der Waals surface area (Å²) in [5, 5.41) is 9.02. The summed E-state index contributed by atoms with van der Waals surface area (Å²) in [6.45, 7) is 5.83. The van der Waals surface area contributed by atoms with Crippen LogP contribution in [-0.2, 0) is 17.3 Å². The van der Waals surface area contributed by atoms with E-state index >= 15 is 0 Å². The number of ether oxygens (including phenoxy) is 1. The van der Waals surface area contributed by atoms with Crippen molar-refractivity contribution < 1.29 is 17.9 Å². The topological polar surface area (TPSA) is 71.4 Å². The van der Waals surface area contributed by atoms with Crippen LogP contribution < -0.4 is 5.73 Å². The van der Waals surface area contributed by atoms with Crippen molar-refractivity contribution in [2.24, 2.45) is 4.99 Å². The highest BCUT2D eigenvalue weighted by Gasteiger charge is 2.39. The van der Waals surface area contributed by atoms with E-state index in [0.717, 1.165) is 6.07 Å². The molecule has 0 saturated heterocycles. The summed E-state index contributed by atoms with van der Waals surface area (Å²) in [5.74, 6) is 0.121. The summed E-state index contributed by atoms with van der Waals surface area (Å²) in [7, 11) is 0. The number of aliphatic imine (C=N–C) groups is 1. The fourth-order valence-corrected chi connectivity index (χ4v) is 3.40. The number of hydrogen-bond acceptors (Lipinski definition) is 4. The Labute approximate surface area is 167 Å². The molecular formula is C22H22F3N3O. The van der Waals surface area contributed by atoms with E-state index in [1.165, 1.54) is 24.3 Å². The first-order valence-electron chi connectivity index (χ1n) is 9.33. The molecule has 0 amide bonds. The predicted octanol–water partition coefficient (Wildman–Crippen LogP) is 5.33. The van der Waals surface area contributed by atoms with E-state index in [9.17, 15) is 13.2 Å². The van der Waals surface area contributed by atoms with Crippen LogP contribution in [0.1, 0.15) is 49.4 Å². The van der Waals surface area contributed by atoms with Gasteiger partial charge >= 0.3 is 6.18 Å². The van der Waals surface area contributed by atoms with Crippen LogP contribution in [0, 0.1) is 11.3 Å². The lowest BCUT2D eigenvalue weighted by molar-refractivity contribution is -0.137. The number of rotatable bonds is 4. The van der Waals surface area contributed by atoms with Gasteiger partial charge in [0.15, 0.2) is 0 Å². The van der Waals surface area contributed by atoms with Crippen LogP contribution in [0.2, 0.25) is 0 Å². The zero-order chi connectivity index (χ0) is 21.4. The van der Waals surface area contributed by atoms with Crippen molar-refractivity contribution in [3.05, 3.63) is 52.6 Å². The summed E-state index contributed by atoms with van der Waals surface area (Å²) in [6, 6.07) is 9.04. The van der Waals surface area contributed by atoms with Crippen molar-refractivity contribution >= 4 is 11.6 Å². The lowest BCUT2D eigenvalue weighted by Gasteiger charge is -2.22. The highest BCUT2D eigenvalue weighted by Crippen LogP contribution is 2.44. The molecule has 0 spiro atoms. The Morgan fingerprint density at radius 3 is 2.34 bits per heavy atom. The molecule has 29 heavy (non-hydrogen) atoms. The van der Waals surface area contributed by atoms with Crippen LogP contribution >= 0.6 is 0 Å². The fraction of sp³-hybridized carbons (Fsp3) is 0.364. The van der Waals surface area contributed by atoms with Gasteiger partial charge in [-0.1, -0.05) is 25.5 Å². The minimum atomic E-state index is -4.59. The molecule has 3 rings (SSSR count). The van der Waals surface area contributed by atoms with Gasteiger partial charge in [-0.15, -0.1) is 0 Å². The van der Waals surface area contributed by atoms with Crippen molar-refractivity contribution in [3.63, 3.8) is 0 Å². The van der Waals surface area contributed by atoms with Gasteiger partial charge in [0, 0.05) is 11.3 Å². The SMILES string of the molecule is CCCc1cc(C(F)(F)F)c(-c2ccc(C#N)cc2)c(C2=NC(C)(C)CO2)c1N. The van der Waals surface area contributed by atoms with Crippen LogP contribution in [-0.4, -0.2) is 18.0 Å². The third-order valence-corrected chi connectivity index (χ3v) is 4.76. The standard InChI is InChI=1S/C22H22F3N3O/c1-4-5-15-10-16(22(23,24)25)17(14-8-6-13(11-26)7-9-14)18(19(15)27)20-28-21(2,3)12-29-20/h6-10H,4-5,12,27H2,1-3H3. The van der Waals surface area contributed by atoms with E-state index in [4.69, 9.17) is 15.7 Å². The molecule has 0 unspecified atom stereocenters. The predicted molar refractivity (Wildman–Crippen MR) is 107 cm³/mol. The maximum Gasteiger partial charge on any atom is 0.417 e. The number of hydrogen-bond donors (Lipinski definition) is 1. The van der Waals surface area contributed by atoms with Crippen LogP contribution in [0.3, 0.4) is 0 Å². The first kappa shape index (κ1) is 20.7. The molecule has 0 aliphatic carbocycles. The average molecular weight is 401 g/mol. The summed E-state index contributed by atoms with van der Waals surface area (Å²) in [6.07, 6.45) is -3.54. The first-order valence-corrected chi connectivity index (χ1v) is 9.33. The van der Waals surface area contributed by atoms with E-state index in [1.807, 2.05) is 26.8 Å². The van der Waals surface area contributed by atoms with Gasteiger partial charge in [0.2, 0.25) is 5.90 Å². The van der Waals surface area contributed by atoms with Gasteiger partial charge in [-0.2, -0.15) is 18.4 Å². The molecule has 0 bridgehead atoms. The van der Waals surface area contributed by atoms with Gasteiger partial charge in [0.05, 0.1) is 28.3 Å². The first-order chi connectivity index (χ1) is 13.6. The number of benzene rings is 2. The Balaban J connectivity index is 2.39. The minimum Gasteiger partial charge on any atom is -0.475 e. The van der Waals surface area contributed by atoms with Crippen molar-refractivity contribution in [2.45, 2.75) is 45.3 Å². The number of alkyl halides is 3. The smallest absolute Gasteiger partial charge is 0.417 e. The lowest BCUT2D eigenvalue weighted by Crippen LogP contribution is -2.17. The molecule has 2 aromatic carbocycles. The quantitative estimate of drug-likeness (QED) is 0.704. The molecule has 2 aromatic rings. The molecule has 7 heteroatoms. The Morgan fingerprint density at radius 1 is 1.21 bits per heavy atom. The molecule has 0 fully saturated rings. The average Bonchev–Trinajstić information content (AvgIpc) is 3.01. The second-order valence-electron chi connectivity index (χ2n) is 7.70. The summed E-state index contributed by atoms with van der Waals surface area (Å²) < 4.78 is 47.9. The molecule has 1 heterocycles. The number of nitrogen functional groups attached to an aromatic ring is 1.